The summed E-state index contributed by atoms with van der Waals surface area (Å²) in [5.74, 6) is -0.329. The summed E-state index contributed by atoms with van der Waals surface area (Å²) >= 11 is 0. The van der Waals surface area contributed by atoms with Gasteiger partial charge in [0.05, 0.1) is 24.9 Å². The maximum atomic E-state index is 12.8. The van der Waals surface area contributed by atoms with Gasteiger partial charge in [-0.1, -0.05) is 62.3 Å². The molecular weight excluding hydrogens is 440 g/mol. The molecule has 0 aliphatic carbocycles. The zero-order chi connectivity index (χ0) is 28.0. The van der Waals surface area contributed by atoms with Crippen molar-refractivity contribution >= 4 is 11.8 Å². The molecule has 0 aliphatic rings. The van der Waals surface area contributed by atoms with E-state index in [0.29, 0.717) is 25.0 Å². The fraction of sp³-hybridized carbons (Fsp3) is 0.931. The first kappa shape index (κ1) is 33.9. The van der Waals surface area contributed by atoms with Crippen molar-refractivity contribution in [2.24, 2.45) is 28.6 Å². The number of hydrogen-bond donors (Lipinski definition) is 2. The second-order valence-electron chi connectivity index (χ2n) is 14.1. The van der Waals surface area contributed by atoms with Crippen LogP contribution in [0.2, 0.25) is 0 Å². The molecule has 6 nitrogen and oxygen atoms in total. The Morgan fingerprint density at radius 1 is 0.743 bits per heavy atom. The van der Waals surface area contributed by atoms with Gasteiger partial charge in [-0.25, -0.2) is 0 Å². The Bertz CT molecular complexity index is 677. The second-order valence-corrected chi connectivity index (χ2v) is 14.1. The second kappa shape index (κ2) is 12.9. The standard InChI is InChI=1S/C29H58N2O4/c1-19(2)22(5)34-16-21(4)29(14,15)31-25(33)24(32)30-23(6)27(10,11)18-28(12,13)35-17-20(3)26(7,8)9/h19-23H,16-18H2,1-15H3,(H,30,32)(H,31,33). The summed E-state index contributed by atoms with van der Waals surface area (Å²) in [6.45, 7) is 32.6. The molecule has 0 heterocycles. The highest BCUT2D eigenvalue weighted by Gasteiger charge is 2.37. The summed E-state index contributed by atoms with van der Waals surface area (Å²) in [5, 5.41) is 5.83. The lowest BCUT2D eigenvalue weighted by Gasteiger charge is -2.40. The molecule has 35 heavy (non-hydrogen) atoms. The topological polar surface area (TPSA) is 76.7 Å². The minimum Gasteiger partial charge on any atom is -0.378 e. The lowest BCUT2D eigenvalue weighted by molar-refractivity contribution is -0.142. The number of carbonyl (C=O) groups is 2. The molecule has 0 rings (SSSR count). The van der Waals surface area contributed by atoms with Gasteiger partial charge < -0.3 is 20.1 Å². The molecule has 4 atom stereocenters. The Balaban J connectivity index is 4.96. The Morgan fingerprint density at radius 2 is 1.26 bits per heavy atom. The van der Waals surface area contributed by atoms with Crippen LogP contribution in [0.1, 0.15) is 110 Å². The molecule has 0 aliphatic heterocycles. The van der Waals surface area contributed by atoms with Gasteiger partial charge in [-0.3, -0.25) is 9.59 Å². The third-order valence-electron chi connectivity index (χ3n) is 8.03. The van der Waals surface area contributed by atoms with Gasteiger partial charge in [0, 0.05) is 17.5 Å². The fourth-order valence-electron chi connectivity index (χ4n) is 3.53. The highest BCUT2D eigenvalue weighted by Crippen LogP contribution is 2.35. The van der Waals surface area contributed by atoms with E-state index in [1.807, 2.05) is 27.7 Å². The van der Waals surface area contributed by atoms with E-state index < -0.39 is 17.4 Å². The molecule has 6 heteroatoms. The summed E-state index contributed by atoms with van der Waals surface area (Å²) in [6, 6.07) is -0.209. The van der Waals surface area contributed by atoms with Crippen molar-refractivity contribution in [1.29, 1.82) is 0 Å². The number of ether oxygens (including phenoxy) is 2. The van der Waals surface area contributed by atoms with Crippen LogP contribution < -0.4 is 10.6 Å². The maximum absolute atomic E-state index is 12.8. The Hall–Kier alpha value is -1.14. The molecule has 0 radical (unpaired) electrons. The average Bonchev–Trinajstić information content (AvgIpc) is 2.67. The van der Waals surface area contributed by atoms with Gasteiger partial charge in [0.2, 0.25) is 0 Å². The van der Waals surface area contributed by atoms with Gasteiger partial charge in [-0.05, 0) is 70.6 Å². The third kappa shape index (κ3) is 12.1. The van der Waals surface area contributed by atoms with E-state index in [1.165, 1.54) is 0 Å². The van der Waals surface area contributed by atoms with Crippen molar-refractivity contribution in [2.45, 2.75) is 134 Å². The predicted molar refractivity (Wildman–Crippen MR) is 146 cm³/mol. The van der Waals surface area contributed by atoms with Gasteiger partial charge in [0.1, 0.15) is 0 Å². The van der Waals surface area contributed by atoms with Gasteiger partial charge in [-0.2, -0.15) is 0 Å². The molecule has 4 unspecified atom stereocenters. The van der Waals surface area contributed by atoms with Crippen molar-refractivity contribution in [2.75, 3.05) is 13.2 Å². The van der Waals surface area contributed by atoms with Crippen molar-refractivity contribution < 1.29 is 19.1 Å². The SMILES string of the molecule is CC(C)C(C)OCC(C)C(C)(C)NC(=O)C(=O)NC(C)C(C)(C)CC(C)(C)OCC(C)C(C)(C)C. The van der Waals surface area contributed by atoms with Crippen LogP contribution in [0.15, 0.2) is 0 Å². The summed E-state index contributed by atoms with van der Waals surface area (Å²) in [4.78, 5) is 25.5. The molecule has 0 aromatic rings. The van der Waals surface area contributed by atoms with Crippen LogP contribution in [-0.2, 0) is 19.1 Å². The number of hydrogen-bond acceptors (Lipinski definition) is 4. The van der Waals surface area contributed by atoms with Crippen molar-refractivity contribution in [3.63, 3.8) is 0 Å². The van der Waals surface area contributed by atoms with Crippen LogP contribution in [0, 0.1) is 28.6 Å². The van der Waals surface area contributed by atoms with Crippen LogP contribution in [0.3, 0.4) is 0 Å². The minimum absolute atomic E-state index is 0.0442. The molecule has 0 aromatic carbocycles. The van der Waals surface area contributed by atoms with Gasteiger partial charge in [0.15, 0.2) is 0 Å². The van der Waals surface area contributed by atoms with E-state index in [0.717, 1.165) is 6.42 Å². The van der Waals surface area contributed by atoms with E-state index in [9.17, 15) is 9.59 Å². The summed E-state index contributed by atoms with van der Waals surface area (Å²) < 4.78 is 12.2. The third-order valence-corrected chi connectivity index (χ3v) is 8.03. The number of nitrogens with one attached hydrogen (secondary N) is 2. The first-order valence-electron chi connectivity index (χ1n) is 13.4. The number of amides is 2. The van der Waals surface area contributed by atoms with Crippen LogP contribution >= 0.6 is 0 Å². The Kier molecular flexibility index (Phi) is 12.5. The fourth-order valence-corrected chi connectivity index (χ4v) is 3.53. The average molecular weight is 499 g/mol. The molecular formula is C29H58N2O4. The van der Waals surface area contributed by atoms with Crippen molar-refractivity contribution in [3.05, 3.63) is 0 Å². The highest BCUT2D eigenvalue weighted by atomic mass is 16.5. The van der Waals surface area contributed by atoms with Gasteiger partial charge in [-0.15, -0.1) is 0 Å². The first-order valence-corrected chi connectivity index (χ1v) is 13.4. The molecule has 0 bridgehead atoms. The molecule has 2 N–H and O–H groups in total. The number of carbonyl (C=O) groups excluding carboxylic acids is 2. The van der Waals surface area contributed by atoms with E-state index >= 15 is 0 Å². The van der Waals surface area contributed by atoms with Crippen LogP contribution in [0.4, 0.5) is 0 Å². The van der Waals surface area contributed by atoms with Crippen molar-refractivity contribution in [1.82, 2.24) is 10.6 Å². The molecule has 208 valence electrons. The zero-order valence-electron chi connectivity index (χ0n) is 25.6. The van der Waals surface area contributed by atoms with Crippen LogP contribution in [-0.4, -0.2) is 48.3 Å². The Labute approximate surface area is 217 Å². The zero-order valence-corrected chi connectivity index (χ0v) is 25.6. The Morgan fingerprint density at radius 3 is 1.71 bits per heavy atom. The van der Waals surface area contributed by atoms with Crippen molar-refractivity contribution in [3.8, 4) is 0 Å². The summed E-state index contributed by atoms with van der Waals surface area (Å²) in [6.07, 6.45) is 0.883. The van der Waals surface area contributed by atoms with E-state index in [2.05, 4.69) is 86.8 Å². The molecule has 0 fully saturated rings. The van der Waals surface area contributed by atoms with E-state index in [4.69, 9.17) is 9.47 Å². The molecule has 2 amide bonds. The quantitative estimate of drug-likeness (QED) is 0.306. The smallest absolute Gasteiger partial charge is 0.309 e. The monoisotopic (exact) mass is 498 g/mol. The molecule has 0 saturated carbocycles. The van der Waals surface area contributed by atoms with E-state index in [-0.39, 0.29) is 34.5 Å². The summed E-state index contributed by atoms with van der Waals surface area (Å²) in [7, 11) is 0. The number of rotatable bonds is 13. The van der Waals surface area contributed by atoms with Gasteiger partial charge >= 0.3 is 11.8 Å². The lowest BCUT2D eigenvalue weighted by Crippen LogP contribution is -2.56. The molecule has 0 aromatic heterocycles. The lowest BCUT2D eigenvalue weighted by atomic mass is 9.76. The van der Waals surface area contributed by atoms with E-state index in [1.54, 1.807) is 0 Å². The van der Waals surface area contributed by atoms with Gasteiger partial charge in [0.25, 0.3) is 0 Å². The minimum atomic E-state index is -0.615. The largest absolute Gasteiger partial charge is 0.378 e. The van der Waals surface area contributed by atoms with Crippen LogP contribution in [0.5, 0.6) is 0 Å². The normalized spacial score (nSPS) is 17.0. The predicted octanol–water partition coefficient (Wildman–Crippen LogP) is 5.98. The van der Waals surface area contributed by atoms with Crippen LogP contribution in [0.25, 0.3) is 0 Å². The first-order chi connectivity index (χ1) is 15.5. The maximum Gasteiger partial charge on any atom is 0.309 e. The molecule has 0 spiro atoms. The summed E-state index contributed by atoms with van der Waals surface area (Å²) in [5.41, 5.74) is -1.02. The highest BCUT2D eigenvalue weighted by molar-refractivity contribution is 6.35. The molecule has 0 saturated heterocycles.